The van der Waals surface area contributed by atoms with Crippen LogP contribution in [0.3, 0.4) is 0 Å². The highest BCUT2D eigenvalue weighted by molar-refractivity contribution is 5.76. The van der Waals surface area contributed by atoms with Gasteiger partial charge in [0.25, 0.3) is 0 Å². The second-order valence-corrected chi connectivity index (χ2v) is 9.01. The van der Waals surface area contributed by atoms with Crippen molar-refractivity contribution in [1.29, 1.82) is 0 Å². The first-order valence-electron chi connectivity index (χ1n) is 10.3. The minimum Gasteiger partial charge on any atom is -0.461 e. The number of allylic oxidation sites excluding steroid dienone is 1. The molecule has 6 atom stereocenters. The fraction of sp³-hybridized carbons (Fsp3) is 0.609. The summed E-state index contributed by atoms with van der Waals surface area (Å²) in [5, 5.41) is 2.31. The van der Waals surface area contributed by atoms with Crippen LogP contribution in [-0.2, 0) is 9.53 Å². The number of nitrogens with two attached hydrogens (primary N) is 1. The molecule has 0 unspecified atom stereocenters. The SMILES string of the molecule is C[C@@H]1CCC[C@]2(C)C[C@H]3OC(=O)[C@@H](C[NH2+][C@@H](C)c4ccccc4)[C@H]3C=C12. The summed E-state index contributed by atoms with van der Waals surface area (Å²) >= 11 is 0. The highest BCUT2D eigenvalue weighted by Gasteiger charge is 2.52. The van der Waals surface area contributed by atoms with Crippen molar-refractivity contribution in [2.45, 2.75) is 58.6 Å². The van der Waals surface area contributed by atoms with Gasteiger partial charge in [0.15, 0.2) is 0 Å². The number of hydrogen-bond acceptors (Lipinski definition) is 2. The third kappa shape index (κ3) is 3.11. The molecular weight excluding hydrogens is 322 g/mol. The Labute approximate surface area is 157 Å². The van der Waals surface area contributed by atoms with E-state index in [1.165, 1.54) is 24.8 Å². The Morgan fingerprint density at radius 2 is 2.08 bits per heavy atom. The van der Waals surface area contributed by atoms with Crippen molar-refractivity contribution >= 4 is 5.97 Å². The highest BCUT2D eigenvalue weighted by atomic mass is 16.6. The molecule has 140 valence electrons. The number of hydrogen-bond donors (Lipinski definition) is 1. The van der Waals surface area contributed by atoms with E-state index in [4.69, 9.17) is 4.74 Å². The van der Waals surface area contributed by atoms with Crippen LogP contribution in [0.25, 0.3) is 0 Å². The van der Waals surface area contributed by atoms with Crippen molar-refractivity contribution < 1.29 is 14.8 Å². The Morgan fingerprint density at radius 3 is 2.85 bits per heavy atom. The first-order valence-corrected chi connectivity index (χ1v) is 10.3. The topological polar surface area (TPSA) is 42.9 Å². The van der Waals surface area contributed by atoms with Crippen LogP contribution in [0.2, 0.25) is 0 Å². The summed E-state index contributed by atoms with van der Waals surface area (Å²) in [7, 11) is 0. The third-order valence-corrected chi connectivity index (χ3v) is 7.15. The minimum absolute atomic E-state index is 0.00246. The second-order valence-electron chi connectivity index (χ2n) is 9.01. The summed E-state index contributed by atoms with van der Waals surface area (Å²) in [5.41, 5.74) is 3.16. The van der Waals surface area contributed by atoms with E-state index in [0.717, 1.165) is 13.0 Å². The molecule has 1 saturated carbocycles. The highest BCUT2D eigenvalue weighted by Crippen LogP contribution is 2.53. The van der Waals surface area contributed by atoms with Crippen LogP contribution in [-0.4, -0.2) is 18.6 Å². The summed E-state index contributed by atoms with van der Waals surface area (Å²) in [6.45, 7) is 7.77. The fourth-order valence-corrected chi connectivity index (χ4v) is 5.56. The molecule has 0 amide bonds. The average molecular weight is 355 g/mol. The van der Waals surface area contributed by atoms with Crippen LogP contribution in [0, 0.1) is 23.2 Å². The minimum atomic E-state index is -0.00246. The molecule has 2 N–H and O–H groups in total. The molecule has 1 heterocycles. The van der Waals surface area contributed by atoms with E-state index in [1.54, 1.807) is 5.57 Å². The van der Waals surface area contributed by atoms with Gasteiger partial charge in [-0.1, -0.05) is 62.2 Å². The molecule has 1 aromatic rings. The normalized spacial score (nSPS) is 37.3. The number of fused-ring (bicyclic) bond motifs is 2. The number of benzene rings is 1. The standard InChI is InChI=1S/C23H31NO2/c1-15-8-7-11-23(3)13-21-18(12-20(15)23)19(22(25)26-21)14-24-16(2)17-9-5-4-6-10-17/h4-6,9-10,12,15-16,18-19,21,24H,7-8,11,13-14H2,1-3H3/p+1/t15-,16+,18-,19+,21-,23-/m1/s1. The Morgan fingerprint density at radius 1 is 1.31 bits per heavy atom. The summed E-state index contributed by atoms with van der Waals surface area (Å²) in [4.78, 5) is 12.6. The van der Waals surface area contributed by atoms with Gasteiger partial charge in [-0.25, -0.2) is 0 Å². The van der Waals surface area contributed by atoms with Crippen LogP contribution in [0.5, 0.6) is 0 Å². The molecule has 0 bridgehead atoms. The Balaban J connectivity index is 1.50. The monoisotopic (exact) mass is 354 g/mol. The van der Waals surface area contributed by atoms with E-state index < -0.39 is 0 Å². The smallest absolute Gasteiger partial charge is 0.315 e. The molecule has 2 fully saturated rings. The molecule has 4 rings (SSSR count). The molecular formula is C23H32NO2+. The van der Waals surface area contributed by atoms with Crippen molar-refractivity contribution in [2.24, 2.45) is 23.2 Å². The van der Waals surface area contributed by atoms with Crippen LogP contribution < -0.4 is 5.32 Å². The van der Waals surface area contributed by atoms with E-state index in [9.17, 15) is 4.79 Å². The summed E-state index contributed by atoms with van der Waals surface area (Å²) in [5.74, 6) is 0.934. The lowest BCUT2D eigenvalue weighted by Crippen LogP contribution is -2.86. The lowest BCUT2D eigenvalue weighted by molar-refractivity contribution is -0.696. The predicted molar refractivity (Wildman–Crippen MR) is 102 cm³/mol. The van der Waals surface area contributed by atoms with Gasteiger partial charge in [0.1, 0.15) is 18.1 Å². The van der Waals surface area contributed by atoms with Gasteiger partial charge < -0.3 is 10.1 Å². The zero-order valence-electron chi connectivity index (χ0n) is 16.3. The van der Waals surface area contributed by atoms with Gasteiger partial charge in [0.2, 0.25) is 0 Å². The number of ether oxygens (including phenoxy) is 1. The summed E-state index contributed by atoms with van der Waals surface area (Å²) in [6.07, 6.45) is 7.39. The molecule has 3 nitrogen and oxygen atoms in total. The molecule has 0 radical (unpaired) electrons. The number of esters is 1. The van der Waals surface area contributed by atoms with Crippen molar-refractivity contribution in [3.8, 4) is 0 Å². The quantitative estimate of drug-likeness (QED) is 0.663. The lowest BCUT2D eigenvalue weighted by atomic mass is 9.59. The molecule has 3 heteroatoms. The van der Waals surface area contributed by atoms with Gasteiger partial charge in [-0.15, -0.1) is 0 Å². The number of quaternary nitrogens is 1. The number of carbonyl (C=O) groups excluding carboxylic acids is 1. The van der Waals surface area contributed by atoms with Crippen LogP contribution >= 0.6 is 0 Å². The van der Waals surface area contributed by atoms with Gasteiger partial charge in [-0.05, 0) is 37.5 Å². The summed E-state index contributed by atoms with van der Waals surface area (Å²) < 4.78 is 5.86. The van der Waals surface area contributed by atoms with E-state index in [-0.39, 0.29) is 29.3 Å². The lowest BCUT2D eigenvalue weighted by Gasteiger charge is -2.45. The Bertz CT molecular complexity index is 697. The maximum absolute atomic E-state index is 12.6. The molecule has 0 aromatic heterocycles. The molecule has 2 aliphatic carbocycles. The second kappa shape index (κ2) is 6.84. The van der Waals surface area contributed by atoms with E-state index in [1.807, 2.05) is 6.07 Å². The van der Waals surface area contributed by atoms with E-state index in [2.05, 4.69) is 56.4 Å². The zero-order chi connectivity index (χ0) is 18.3. The summed E-state index contributed by atoms with van der Waals surface area (Å²) in [6, 6.07) is 10.9. The van der Waals surface area contributed by atoms with Gasteiger partial charge in [-0.3, -0.25) is 4.79 Å². The predicted octanol–water partition coefficient (Wildman–Crippen LogP) is 3.63. The third-order valence-electron chi connectivity index (χ3n) is 7.15. The van der Waals surface area contributed by atoms with Gasteiger partial charge >= 0.3 is 5.97 Å². The Kier molecular flexibility index (Phi) is 4.68. The van der Waals surface area contributed by atoms with Crippen molar-refractivity contribution in [1.82, 2.24) is 0 Å². The van der Waals surface area contributed by atoms with Crippen molar-refractivity contribution in [3.05, 3.63) is 47.5 Å². The van der Waals surface area contributed by atoms with Gasteiger partial charge in [0, 0.05) is 11.5 Å². The van der Waals surface area contributed by atoms with E-state index >= 15 is 0 Å². The molecule has 3 aliphatic rings. The zero-order valence-corrected chi connectivity index (χ0v) is 16.3. The van der Waals surface area contributed by atoms with Crippen molar-refractivity contribution in [2.75, 3.05) is 6.54 Å². The molecule has 1 aromatic carbocycles. The van der Waals surface area contributed by atoms with Crippen LogP contribution in [0.4, 0.5) is 0 Å². The van der Waals surface area contributed by atoms with Crippen molar-refractivity contribution in [3.63, 3.8) is 0 Å². The first-order chi connectivity index (χ1) is 12.5. The van der Waals surface area contributed by atoms with E-state index in [0.29, 0.717) is 12.0 Å². The molecule has 26 heavy (non-hydrogen) atoms. The largest absolute Gasteiger partial charge is 0.461 e. The van der Waals surface area contributed by atoms with Crippen LogP contribution in [0.1, 0.15) is 58.1 Å². The first kappa shape index (κ1) is 17.8. The molecule has 1 aliphatic heterocycles. The molecule has 0 spiro atoms. The van der Waals surface area contributed by atoms with Gasteiger partial charge in [0.05, 0.1) is 6.54 Å². The number of carbonyl (C=O) groups is 1. The number of rotatable bonds is 4. The van der Waals surface area contributed by atoms with Crippen LogP contribution in [0.15, 0.2) is 42.0 Å². The maximum Gasteiger partial charge on any atom is 0.315 e. The fourth-order valence-electron chi connectivity index (χ4n) is 5.56. The Hall–Kier alpha value is -1.61. The average Bonchev–Trinajstić information content (AvgIpc) is 2.92. The maximum atomic E-state index is 12.6. The van der Waals surface area contributed by atoms with Gasteiger partial charge in [-0.2, -0.15) is 0 Å². The molecule has 1 saturated heterocycles.